The number of aryl methyl sites for hydroxylation is 1. The number of carboxylic acids is 1. The fraction of sp³-hybridized carbons (Fsp3) is 0.190. The zero-order valence-corrected chi connectivity index (χ0v) is 15.6. The number of aromatic nitrogens is 2. The number of methoxy groups -OCH3 is 1. The molecular weight excluding hydrogens is 360 g/mol. The van der Waals surface area contributed by atoms with E-state index in [1.54, 1.807) is 19.2 Å². The van der Waals surface area contributed by atoms with Crippen LogP contribution in [-0.4, -0.2) is 27.3 Å². The second-order valence-electron chi connectivity index (χ2n) is 6.43. The molecule has 1 aromatic heterocycles. The Bertz CT molecular complexity index is 1110. The van der Waals surface area contributed by atoms with Gasteiger partial charge in [-0.05, 0) is 30.2 Å². The third kappa shape index (κ3) is 4.03. The maximum absolute atomic E-state index is 13.0. The van der Waals surface area contributed by atoms with E-state index in [1.807, 2.05) is 43.3 Å². The van der Waals surface area contributed by atoms with Gasteiger partial charge in [0, 0.05) is 6.07 Å². The number of aliphatic carboxylic acids is 1. The van der Waals surface area contributed by atoms with Crippen molar-refractivity contribution >= 4 is 5.97 Å². The Balaban J connectivity index is 2.17. The summed E-state index contributed by atoms with van der Waals surface area (Å²) in [6.07, 6.45) is 0. The summed E-state index contributed by atoms with van der Waals surface area (Å²) in [6, 6.07) is 15.9. The number of benzene rings is 2. The molecule has 0 saturated carbocycles. The van der Waals surface area contributed by atoms with Crippen LogP contribution in [0.2, 0.25) is 0 Å². The fourth-order valence-corrected chi connectivity index (χ4v) is 2.93. The monoisotopic (exact) mass is 380 g/mol. The topological polar surface area (TPSA) is 90.5 Å². The van der Waals surface area contributed by atoms with Crippen LogP contribution in [-0.2, 0) is 17.9 Å². The molecule has 2 aromatic carbocycles. The van der Waals surface area contributed by atoms with Crippen LogP contribution >= 0.6 is 0 Å². The van der Waals surface area contributed by atoms with Crippen molar-refractivity contribution in [3.8, 4) is 17.0 Å². The molecule has 7 nitrogen and oxygen atoms in total. The summed E-state index contributed by atoms with van der Waals surface area (Å²) >= 11 is 0. The minimum absolute atomic E-state index is 0.186. The van der Waals surface area contributed by atoms with Gasteiger partial charge >= 0.3 is 11.7 Å². The second kappa shape index (κ2) is 7.96. The Morgan fingerprint density at radius 3 is 2.21 bits per heavy atom. The van der Waals surface area contributed by atoms with Gasteiger partial charge in [-0.25, -0.2) is 9.36 Å². The summed E-state index contributed by atoms with van der Waals surface area (Å²) in [5.41, 5.74) is 1.70. The van der Waals surface area contributed by atoms with Crippen molar-refractivity contribution in [2.45, 2.75) is 20.0 Å². The van der Waals surface area contributed by atoms with Crippen LogP contribution in [0.5, 0.6) is 5.75 Å². The average Bonchev–Trinajstić information content (AvgIpc) is 2.68. The molecule has 0 aliphatic rings. The zero-order chi connectivity index (χ0) is 20.3. The molecule has 0 amide bonds. The van der Waals surface area contributed by atoms with Gasteiger partial charge in [0.2, 0.25) is 0 Å². The molecule has 0 spiro atoms. The van der Waals surface area contributed by atoms with Crippen LogP contribution in [0.15, 0.2) is 64.2 Å². The van der Waals surface area contributed by atoms with E-state index in [4.69, 9.17) is 9.84 Å². The Morgan fingerprint density at radius 1 is 1.00 bits per heavy atom. The van der Waals surface area contributed by atoms with Crippen LogP contribution in [0.1, 0.15) is 11.1 Å². The first kappa shape index (κ1) is 19.2. The quantitative estimate of drug-likeness (QED) is 0.707. The minimum atomic E-state index is -1.25. The minimum Gasteiger partial charge on any atom is -0.497 e. The van der Waals surface area contributed by atoms with Crippen molar-refractivity contribution in [3.63, 3.8) is 0 Å². The smallest absolute Gasteiger partial charge is 0.332 e. The lowest BCUT2D eigenvalue weighted by Crippen LogP contribution is -2.42. The van der Waals surface area contributed by atoms with E-state index in [1.165, 1.54) is 10.6 Å². The summed E-state index contributed by atoms with van der Waals surface area (Å²) in [7, 11) is 1.57. The van der Waals surface area contributed by atoms with Crippen LogP contribution in [0.25, 0.3) is 11.3 Å². The van der Waals surface area contributed by atoms with Crippen LogP contribution in [0.4, 0.5) is 0 Å². The summed E-state index contributed by atoms with van der Waals surface area (Å²) < 4.78 is 7.29. The molecule has 1 heterocycles. The van der Waals surface area contributed by atoms with Crippen molar-refractivity contribution in [2.75, 3.05) is 7.11 Å². The lowest BCUT2D eigenvalue weighted by atomic mass is 10.1. The number of nitrogens with zero attached hydrogens (tertiary/aromatic N) is 2. The SMILES string of the molecule is COc1ccc(Cn2c(-c3ccc(C)cc3)cc(=O)n(CC(=O)O)c2=O)cc1. The molecule has 0 saturated heterocycles. The summed E-state index contributed by atoms with van der Waals surface area (Å²) in [5, 5.41) is 9.05. The Morgan fingerprint density at radius 2 is 1.64 bits per heavy atom. The van der Waals surface area contributed by atoms with Gasteiger partial charge < -0.3 is 9.84 Å². The van der Waals surface area contributed by atoms with Gasteiger partial charge in [-0.15, -0.1) is 0 Å². The largest absolute Gasteiger partial charge is 0.497 e. The van der Waals surface area contributed by atoms with Crippen molar-refractivity contribution in [1.29, 1.82) is 0 Å². The Kier molecular flexibility index (Phi) is 5.44. The van der Waals surface area contributed by atoms with E-state index in [9.17, 15) is 14.4 Å². The second-order valence-corrected chi connectivity index (χ2v) is 6.43. The fourth-order valence-electron chi connectivity index (χ4n) is 2.93. The molecular formula is C21H20N2O5. The molecule has 0 aliphatic carbocycles. The molecule has 7 heteroatoms. The highest BCUT2D eigenvalue weighted by molar-refractivity contribution is 5.66. The third-order valence-electron chi connectivity index (χ3n) is 4.42. The number of carbonyl (C=O) groups is 1. The van der Waals surface area contributed by atoms with E-state index in [2.05, 4.69) is 0 Å². The van der Waals surface area contributed by atoms with Gasteiger partial charge in [-0.3, -0.25) is 14.2 Å². The highest BCUT2D eigenvalue weighted by atomic mass is 16.5. The van der Waals surface area contributed by atoms with Crippen LogP contribution in [0.3, 0.4) is 0 Å². The summed E-state index contributed by atoms with van der Waals surface area (Å²) in [6.45, 7) is 1.44. The number of ether oxygens (including phenoxy) is 1. The normalized spacial score (nSPS) is 10.6. The highest BCUT2D eigenvalue weighted by Gasteiger charge is 2.15. The molecule has 0 atom stereocenters. The van der Waals surface area contributed by atoms with Gasteiger partial charge in [0.05, 0.1) is 19.3 Å². The predicted octanol–water partition coefficient (Wildman–Crippen LogP) is 2.13. The molecule has 144 valence electrons. The van der Waals surface area contributed by atoms with Crippen LogP contribution < -0.4 is 16.0 Å². The Hall–Kier alpha value is -3.61. The molecule has 3 rings (SSSR count). The van der Waals surface area contributed by atoms with Crippen molar-refractivity contribution in [2.24, 2.45) is 0 Å². The van der Waals surface area contributed by atoms with E-state index in [0.717, 1.165) is 15.7 Å². The van der Waals surface area contributed by atoms with E-state index < -0.39 is 23.8 Å². The number of carboxylic acid groups (broad SMARTS) is 1. The molecule has 0 bridgehead atoms. The standard InChI is InChI=1S/C21H20N2O5/c1-14-3-7-16(8-4-14)18-11-19(24)23(13-20(25)26)21(27)22(18)12-15-5-9-17(28-2)10-6-15/h3-11H,12-13H2,1-2H3,(H,25,26). The van der Waals surface area contributed by atoms with Crippen molar-refractivity contribution in [1.82, 2.24) is 9.13 Å². The third-order valence-corrected chi connectivity index (χ3v) is 4.42. The predicted molar refractivity (Wildman–Crippen MR) is 105 cm³/mol. The molecule has 28 heavy (non-hydrogen) atoms. The van der Waals surface area contributed by atoms with Gasteiger partial charge in [-0.1, -0.05) is 42.0 Å². The zero-order valence-electron chi connectivity index (χ0n) is 15.6. The molecule has 0 fully saturated rings. The molecule has 0 aliphatic heterocycles. The number of rotatable bonds is 6. The summed E-state index contributed by atoms with van der Waals surface area (Å²) in [5.74, 6) is -0.566. The first-order chi connectivity index (χ1) is 13.4. The lowest BCUT2D eigenvalue weighted by molar-refractivity contribution is -0.137. The molecule has 3 aromatic rings. The molecule has 0 radical (unpaired) electrons. The van der Waals surface area contributed by atoms with Crippen LogP contribution in [0, 0.1) is 6.92 Å². The average molecular weight is 380 g/mol. The van der Waals surface area contributed by atoms with E-state index in [-0.39, 0.29) is 6.54 Å². The van der Waals surface area contributed by atoms with Gasteiger partial charge in [0.25, 0.3) is 5.56 Å². The van der Waals surface area contributed by atoms with Gasteiger partial charge in [0.15, 0.2) is 0 Å². The number of hydrogen-bond donors (Lipinski definition) is 1. The first-order valence-corrected chi connectivity index (χ1v) is 8.65. The van der Waals surface area contributed by atoms with Crippen molar-refractivity contribution in [3.05, 3.63) is 86.6 Å². The van der Waals surface area contributed by atoms with Crippen molar-refractivity contribution < 1.29 is 14.6 Å². The molecule has 0 unspecified atom stereocenters. The van der Waals surface area contributed by atoms with E-state index >= 15 is 0 Å². The summed E-state index contributed by atoms with van der Waals surface area (Å²) in [4.78, 5) is 36.4. The van der Waals surface area contributed by atoms with Gasteiger partial charge in [0.1, 0.15) is 12.3 Å². The highest BCUT2D eigenvalue weighted by Crippen LogP contribution is 2.19. The van der Waals surface area contributed by atoms with E-state index in [0.29, 0.717) is 17.0 Å². The lowest BCUT2D eigenvalue weighted by Gasteiger charge is -2.15. The maximum Gasteiger partial charge on any atom is 0.332 e. The maximum atomic E-state index is 13.0. The first-order valence-electron chi connectivity index (χ1n) is 8.65. The molecule has 1 N–H and O–H groups in total. The Labute approximate surface area is 161 Å². The number of hydrogen-bond acceptors (Lipinski definition) is 4. The van der Waals surface area contributed by atoms with Gasteiger partial charge in [-0.2, -0.15) is 0 Å².